The first-order chi connectivity index (χ1) is 9.06. The average Bonchev–Trinajstić information content (AvgIpc) is 2.40. The number of benzene rings is 1. The highest BCUT2D eigenvalue weighted by molar-refractivity contribution is 6.30. The van der Waals surface area contributed by atoms with Crippen LogP contribution >= 0.6 is 11.6 Å². The van der Waals surface area contributed by atoms with Crippen molar-refractivity contribution in [3.8, 4) is 0 Å². The molecule has 0 unspecified atom stereocenters. The van der Waals surface area contributed by atoms with Gasteiger partial charge in [0.2, 0.25) is 0 Å². The van der Waals surface area contributed by atoms with Crippen molar-refractivity contribution < 1.29 is 4.79 Å². The van der Waals surface area contributed by atoms with E-state index >= 15 is 0 Å². The van der Waals surface area contributed by atoms with Gasteiger partial charge in [-0.15, -0.1) is 0 Å². The molecule has 0 amide bonds. The van der Waals surface area contributed by atoms with E-state index in [-0.39, 0.29) is 5.78 Å². The van der Waals surface area contributed by atoms with E-state index in [4.69, 9.17) is 11.6 Å². The summed E-state index contributed by atoms with van der Waals surface area (Å²) in [6.45, 7) is 2.82. The maximum Gasteiger partial charge on any atom is 0.176 e. The van der Waals surface area contributed by atoms with E-state index in [9.17, 15) is 4.79 Å². The fourth-order valence-electron chi connectivity index (χ4n) is 2.77. The van der Waals surface area contributed by atoms with E-state index in [1.807, 2.05) is 0 Å². The Hall–Kier alpha value is -0.860. The van der Waals surface area contributed by atoms with E-state index in [0.29, 0.717) is 17.6 Å². The molecule has 0 aromatic heterocycles. The van der Waals surface area contributed by atoms with Gasteiger partial charge in [0.25, 0.3) is 0 Å². The summed E-state index contributed by atoms with van der Waals surface area (Å²) >= 11 is 5.84. The maximum atomic E-state index is 12.2. The summed E-state index contributed by atoms with van der Waals surface area (Å²) < 4.78 is 0. The summed E-state index contributed by atoms with van der Waals surface area (Å²) in [5.41, 5.74) is 0.750. The van der Waals surface area contributed by atoms with Gasteiger partial charge in [0, 0.05) is 16.6 Å². The van der Waals surface area contributed by atoms with Gasteiger partial charge < -0.3 is 0 Å². The molecule has 19 heavy (non-hydrogen) atoms. The quantitative estimate of drug-likeness (QED) is 0.776. The number of carbonyl (C=O) groups is 1. The molecule has 2 nitrogen and oxygen atoms in total. The van der Waals surface area contributed by atoms with Crippen molar-refractivity contribution in [2.24, 2.45) is 5.92 Å². The number of hydrogen-bond donors (Lipinski definition) is 0. The number of likely N-dealkylation sites (N-methyl/N-ethyl adjacent to an activating group) is 1. The van der Waals surface area contributed by atoms with Gasteiger partial charge in [0.15, 0.2) is 5.78 Å². The Morgan fingerprint density at radius 1 is 1.21 bits per heavy atom. The number of halogens is 1. The molecule has 0 N–H and O–H groups in total. The van der Waals surface area contributed by atoms with Crippen LogP contribution in [-0.2, 0) is 0 Å². The molecule has 2 rings (SSSR count). The van der Waals surface area contributed by atoms with Gasteiger partial charge in [0.05, 0.1) is 6.54 Å². The summed E-state index contributed by atoms with van der Waals surface area (Å²) in [5.74, 6) is 1.02. The SMILES string of the molecule is CC1CCC(N(C)CC(=O)c2ccc(Cl)cc2)CC1. The minimum Gasteiger partial charge on any atom is -0.296 e. The third-order valence-electron chi connectivity index (χ3n) is 4.17. The first-order valence-corrected chi connectivity index (χ1v) is 7.43. The Labute approximate surface area is 120 Å². The minimum absolute atomic E-state index is 0.179. The zero-order chi connectivity index (χ0) is 13.8. The average molecular weight is 280 g/mol. The van der Waals surface area contributed by atoms with Crippen molar-refractivity contribution in [1.29, 1.82) is 0 Å². The van der Waals surface area contributed by atoms with E-state index in [0.717, 1.165) is 11.5 Å². The van der Waals surface area contributed by atoms with Crippen molar-refractivity contribution in [3.63, 3.8) is 0 Å². The van der Waals surface area contributed by atoms with Crippen molar-refractivity contribution in [2.45, 2.75) is 38.6 Å². The van der Waals surface area contributed by atoms with Gasteiger partial charge in [-0.1, -0.05) is 18.5 Å². The zero-order valence-electron chi connectivity index (χ0n) is 11.7. The second-order valence-corrected chi connectivity index (χ2v) is 6.20. The predicted octanol–water partition coefficient (Wildman–Crippen LogP) is 4.03. The summed E-state index contributed by atoms with van der Waals surface area (Å²) in [5, 5.41) is 0.672. The predicted molar refractivity (Wildman–Crippen MR) is 79.8 cm³/mol. The molecular weight excluding hydrogens is 258 g/mol. The van der Waals surface area contributed by atoms with Gasteiger partial charge in [0.1, 0.15) is 0 Å². The van der Waals surface area contributed by atoms with E-state index in [1.165, 1.54) is 25.7 Å². The van der Waals surface area contributed by atoms with Crippen molar-refractivity contribution >= 4 is 17.4 Å². The topological polar surface area (TPSA) is 20.3 Å². The third kappa shape index (κ3) is 4.05. The minimum atomic E-state index is 0.179. The number of hydrogen-bond acceptors (Lipinski definition) is 2. The van der Waals surface area contributed by atoms with Gasteiger partial charge in [-0.2, -0.15) is 0 Å². The van der Waals surface area contributed by atoms with Crippen molar-refractivity contribution in [1.82, 2.24) is 4.90 Å². The van der Waals surface area contributed by atoms with Crippen LogP contribution in [0.1, 0.15) is 43.0 Å². The van der Waals surface area contributed by atoms with Crippen LogP contribution in [0.4, 0.5) is 0 Å². The molecule has 0 saturated heterocycles. The normalized spacial score (nSPS) is 23.6. The summed E-state index contributed by atoms with van der Waals surface area (Å²) in [7, 11) is 2.06. The van der Waals surface area contributed by atoms with Gasteiger partial charge >= 0.3 is 0 Å². The van der Waals surface area contributed by atoms with Crippen LogP contribution < -0.4 is 0 Å². The maximum absolute atomic E-state index is 12.2. The molecule has 0 aliphatic heterocycles. The first-order valence-electron chi connectivity index (χ1n) is 7.05. The Bertz CT molecular complexity index is 421. The van der Waals surface area contributed by atoms with E-state index in [2.05, 4.69) is 18.9 Å². The largest absolute Gasteiger partial charge is 0.296 e. The second kappa shape index (κ2) is 6.53. The first kappa shape index (κ1) is 14.5. The molecule has 1 aromatic carbocycles. The molecule has 0 heterocycles. The zero-order valence-corrected chi connectivity index (χ0v) is 12.5. The van der Waals surface area contributed by atoms with E-state index < -0.39 is 0 Å². The molecule has 1 aliphatic carbocycles. The number of nitrogens with zero attached hydrogens (tertiary/aromatic N) is 1. The molecule has 1 fully saturated rings. The van der Waals surface area contributed by atoms with Crippen LogP contribution in [0.25, 0.3) is 0 Å². The molecule has 1 aromatic rings. The standard InChI is InChI=1S/C16H22ClNO/c1-12-3-9-15(10-4-12)18(2)11-16(19)13-5-7-14(17)8-6-13/h5-8,12,15H,3-4,9-11H2,1-2H3. The van der Waals surface area contributed by atoms with Crippen molar-refractivity contribution in [3.05, 3.63) is 34.9 Å². The summed E-state index contributed by atoms with van der Waals surface area (Å²) in [6, 6.07) is 7.73. The van der Waals surface area contributed by atoms with Crippen LogP contribution in [0.15, 0.2) is 24.3 Å². The fourth-order valence-corrected chi connectivity index (χ4v) is 2.89. The molecule has 0 radical (unpaired) electrons. The molecule has 0 bridgehead atoms. The molecule has 0 spiro atoms. The number of rotatable bonds is 4. The lowest BCUT2D eigenvalue weighted by Crippen LogP contribution is -2.38. The lowest BCUT2D eigenvalue weighted by molar-refractivity contribution is 0.0889. The highest BCUT2D eigenvalue weighted by atomic mass is 35.5. The molecule has 0 atom stereocenters. The third-order valence-corrected chi connectivity index (χ3v) is 4.42. The monoisotopic (exact) mass is 279 g/mol. The lowest BCUT2D eigenvalue weighted by atomic mass is 9.86. The molecular formula is C16H22ClNO. The number of ketones is 1. The van der Waals surface area contributed by atoms with Crippen LogP contribution in [0, 0.1) is 5.92 Å². The van der Waals surface area contributed by atoms with Crippen molar-refractivity contribution in [2.75, 3.05) is 13.6 Å². The highest BCUT2D eigenvalue weighted by Crippen LogP contribution is 2.26. The van der Waals surface area contributed by atoms with E-state index in [1.54, 1.807) is 24.3 Å². The van der Waals surface area contributed by atoms with Crippen LogP contribution in [0.5, 0.6) is 0 Å². The second-order valence-electron chi connectivity index (χ2n) is 5.76. The van der Waals surface area contributed by atoms with Crippen LogP contribution in [0.3, 0.4) is 0 Å². The Morgan fingerprint density at radius 3 is 2.37 bits per heavy atom. The Morgan fingerprint density at radius 2 is 1.79 bits per heavy atom. The summed E-state index contributed by atoms with van der Waals surface area (Å²) in [6.07, 6.45) is 4.99. The Kier molecular flexibility index (Phi) is 5.00. The molecule has 104 valence electrons. The molecule has 1 aliphatic rings. The summed E-state index contributed by atoms with van der Waals surface area (Å²) in [4.78, 5) is 14.4. The van der Waals surface area contributed by atoms with Gasteiger partial charge in [-0.25, -0.2) is 0 Å². The molecule has 3 heteroatoms. The van der Waals surface area contributed by atoms with Gasteiger partial charge in [-0.3, -0.25) is 9.69 Å². The smallest absolute Gasteiger partial charge is 0.176 e. The van der Waals surface area contributed by atoms with Gasteiger partial charge in [-0.05, 0) is 62.9 Å². The highest BCUT2D eigenvalue weighted by Gasteiger charge is 2.23. The number of carbonyl (C=O) groups excluding carboxylic acids is 1. The number of Topliss-reactive ketones (excluding diaryl/α,β-unsaturated/α-hetero) is 1. The fraction of sp³-hybridized carbons (Fsp3) is 0.562. The molecule has 1 saturated carbocycles. The Balaban J connectivity index is 1.89. The lowest BCUT2D eigenvalue weighted by Gasteiger charge is -2.33. The van der Waals surface area contributed by atoms with Crippen LogP contribution in [0.2, 0.25) is 5.02 Å². The van der Waals surface area contributed by atoms with Crippen LogP contribution in [-0.4, -0.2) is 30.3 Å².